The Morgan fingerprint density at radius 1 is 1.30 bits per heavy atom. The van der Waals surface area contributed by atoms with E-state index in [9.17, 15) is 5.11 Å². The van der Waals surface area contributed by atoms with Crippen molar-refractivity contribution < 1.29 is 9.84 Å². The van der Waals surface area contributed by atoms with Crippen molar-refractivity contribution in [2.24, 2.45) is 23.2 Å². The quantitative estimate of drug-likeness (QED) is 0.584. The van der Waals surface area contributed by atoms with Crippen molar-refractivity contribution in [3.8, 4) is 0 Å². The van der Waals surface area contributed by atoms with Crippen LogP contribution in [0, 0.1) is 23.2 Å². The highest BCUT2D eigenvalue weighted by molar-refractivity contribution is 5.20. The van der Waals surface area contributed by atoms with Gasteiger partial charge in [-0.05, 0) is 25.2 Å². The first-order valence-corrected chi connectivity index (χ1v) is 8.47. The zero-order valence-electron chi connectivity index (χ0n) is 13.7. The van der Waals surface area contributed by atoms with E-state index in [4.69, 9.17) is 4.74 Å². The minimum Gasteiger partial charge on any atom is -0.396 e. The van der Waals surface area contributed by atoms with Crippen molar-refractivity contribution in [1.82, 2.24) is 0 Å². The molecule has 0 radical (unpaired) electrons. The van der Waals surface area contributed by atoms with Crippen LogP contribution in [0.3, 0.4) is 0 Å². The van der Waals surface area contributed by atoms with Crippen LogP contribution in [0.4, 0.5) is 0 Å². The van der Waals surface area contributed by atoms with Crippen LogP contribution in [0.1, 0.15) is 59.8 Å². The van der Waals surface area contributed by atoms with Gasteiger partial charge in [-0.1, -0.05) is 58.1 Å². The van der Waals surface area contributed by atoms with Crippen LogP contribution in [-0.2, 0) is 4.74 Å². The average Bonchev–Trinajstić information content (AvgIpc) is 2.42. The Kier molecular flexibility index (Phi) is 5.30. The number of aliphatic hydroxyl groups is 1. The van der Waals surface area contributed by atoms with Crippen LogP contribution in [0.2, 0.25) is 0 Å². The molecular formula is C18H32O2. The van der Waals surface area contributed by atoms with Gasteiger partial charge >= 0.3 is 0 Å². The summed E-state index contributed by atoms with van der Waals surface area (Å²) in [6.45, 7) is 10.0. The Labute approximate surface area is 124 Å². The fraction of sp³-hybridized carbons (Fsp3) is 0.889. The van der Waals surface area contributed by atoms with Gasteiger partial charge in [0.25, 0.3) is 0 Å². The average molecular weight is 280 g/mol. The molecule has 0 spiro atoms. The van der Waals surface area contributed by atoms with E-state index >= 15 is 0 Å². The molecule has 0 aromatic heterocycles. The van der Waals surface area contributed by atoms with Crippen molar-refractivity contribution in [2.45, 2.75) is 65.9 Å². The van der Waals surface area contributed by atoms with Crippen LogP contribution >= 0.6 is 0 Å². The van der Waals surface area contributed by atoms with Gasteiger partial charge in [0.05, 0.1) is 19.3 Å². The van der Waals surface area contributed by atoms with Gasteiger partial charge in [0.15, 0.2) is 0 Å². The molecule has 2 nitrogen and oxygen atoms in total. The first-order chi connectivity index (χ1) is 9.56. The molecule has 1 fully saturated rings. The zero-order chi connectivity index (χ0) is 14.8. The number of unbranched alkanes of at least 4 members (excludes halogenated alkanes) is 3. The third-order valence-corrected chi connectivity index (χ3v) is 5.99. The highest BCUT2D eigenvalue weighted by Crippen LogP contribution is 2.52. The molecule has 1 N–H and O–H groups in total. The van der Waals surface area contributed by atoms with Gasteiger partial charge in [0.1, 0.15) is 0 Å². The molecule has 0 aromatic carbocycles. The number of allylic oxidation sites excluding steroid dienone is 1. The van der Waals surface area contributed by atoms with Crippen molar-refractivity contribution >= 4 is 0 Å². The van der Waals surface area contributed by atoms with Crippen LogP contribution in [0.5, 0.6) is 0 Å². The van der Waals surface area contributed by atoms with E-state index < -0.39 is 0 Å². The lowest BCUT2D eigenvalue weighted by atomic mass is 9.56. The number of fused-ring (bicyclic) bond motifs is 2. The second-order valence-corrected chi connectivity index (χ2v) is 7.10. The van der Waals surface area contributed by atoms with E-state index in [0.29, 0.717) is 23.9 Å². The van der Waals surface area contributed by atoms with E-state index in [1.54, 1.807) is 0 Å². The van der Waals surface area contributed by atoms with E-state index in [2.05, 4.69) is 33.8 Å². The van der Waals surface area contributed by atoms with Crippen molar-refractivity contribution in [3.63, 3.8) is 0 Å². The number of hydrogen-bond acceptors (Lipinski definition) is 2. The monoisotopic (exact) mass is 280 g/mol. The molecular weight excluding hydrogens is 248 g/mol. The maximum Gasteiger partial charge on any atom is 0.0643 e. The molecule has 2 aliphatic rings. The van der Waals surface area contributed by atoms with Crippen LogP contribution in [0.25, 0.3) is 0 Å². The number of rotatable bonds is 6. The third-order valence-electron chi connectivity index (χ3n) is 5.99. The lowest BCUT2D eigenvalue weighted by molar-refractivity contribution is -0.164. The predicted molar refractivity (Wildman–Crippen MR) is 83.6 cm³/mol. The van der Waals surface area contributed by atoms with Crippen LogP contribution in [-0.4, -0.2) is 24.4 Å². The summed E-state index contributed by atoms with van der Waals surface area (Å²) in [7, 11) is 0. The summed E-state index contributed by atoms with van der Waals surface area (Å²) in [5.74, 6) is 1.45. The Morgan fingerprint density at radius 2 is 2.05 bits per heavy atom. The van der Waals surface area contributed by atoms with Crippen LogP contribution < -0.4 is 0 Å². The topological polar surface area (TPSA) is 29.5 Å². The Balaban J connectivity index is 2.08. The maximum absolute atomic E-state index is 9.94. The summed E-state index contributed by atoms with van der Waals surface area (Å²) in [6, 6.07) is 0. The Morgan fingerprint density at radius 3 is 2.70 bits per heavy atom. The molecule has 1 aliphatic carbocycles. The van der Waals surface area contributed by atoms with Crippen molar-refractivity contribution in [3.05, 3.63) is 11.6 Å². The third kappa shape index (κ3) is 2.69. The van der Waals surface area contributed by atoms with Crippen molar-refractivity contribution in [1.29, 1.82) is 0 Å². The molecule has 2 bridgehead atoms. The van der Waals surface area contributed by atoms with Crippen molar-refractivity contribution in [2.75, 3.05) is 13.2 Å². The van der Waals surface area contributed by atoms with Gasteiger partial charge in [0, 0.05) is 11.3 Å². The SMILES string of the molecule is CCCCCC[C@@H]1OC[C@@]2(CO)[C@@H](C)C=C(C)[C@@H]1[C@@H]2C. The van der Waals surface area contributed by atoms with Gasteiger partial charge in [-0.2, -0.15) is 0 Å². The van der Waals surface area contributed by atoms with E-state index in [-0.39, 0.29) is 12.0 Å². The summed E-state index contributed by atoms with van der Waals surface area (Å²) < 4.78 is 6.23. The molecule has 2 heteroatoms. The first kappa shape index (κ1) is 16.0. The van der Waals surface area contributed by atoms with Gasteiger partial charge in [-0.15, -0.1) is 0 Å². The summed E-state index contributed by atoms with van der Waals surface area (Å²) >= 11 is 0. The summed E-state index contributed by atoms with van der Waals surface area (Å²) in [5, 5.41) is 9.94. The predicted octanol–water partition coefficient (Wildman–Crippen LogP) is 4.18. The standard InChI is InChI=1S/C18H32O2/c1-5-6-7-8-9-16-17-13(2)10-14(3)18(11-19,12-20-16)15(17)4/h10,14-17,19H,5-9,11-12H2,1-4H3/t14-,15-,16-,17+,18-/m0/s1. The summed E-state index contributed by atoms with van der Waals surface area (Å²) in [5.41, 5.74) is 1.43. The minimum atomic E-state index is -0.0515. The van der Waals surface area contributed by atoms with E-state index in [1.807, 2.05) is 0 Å². The number of aliphatic hydroxyl groups excluding tert-OH is 1. The molecule has 116 valence electrons. The fourth-order valence-corrected chi connectivity index (χ4v) is 4.45. The number of ether oxygens (including phenoxy) is 1. The molecule has 20 heavy (non-hydrogen) atoms. The normalized spacial score (nSPS) is 40.5. The second kappa shape index (κ2) is 6.62. The Bertz CT molecular complexity index is 349. The molecule has 1 heterocycles. The van der Waals surface area contributed by atoms with Gasteiger partial charge in [-0.25, -0.2) is 0 Å². The number of hydrogen-bond donors (Lipinski definition) is 1. The Hall–Kier alpha value is -0.340. The minimum absolute atomic E-state index is 0.0515. The lowest BCUT2D eigenvalue weighted by Gasteiger charge is -2.55. The second-order valence-electron chi connectivity index (χ2n) is 7.10. The van der Waals surface area contributed by atoms with Gasteiger partial charge in [0.2, 0.25) is 0 Å². The van der Waals surface area contributed by atoms with E-state index in [0.717, 1.165) is 6.61 Å². The lowest BCUT2D eigenvalue weighted by Crippen LogP contribution is -2.56. The molecule has 1 saturated heterocycles. The smallest absolute Gasteiger partial charge is 0.0643 e. The highest BCUT2D eigenvalue weighted by atomic mass is 16.5. The van der Waals surface area contributed by atoms with Crippen LogP contribution in [0.15, 0.2) is 11.6 Å². The van der Waals surface area contributed by atoms with Gasteiger partial charge < -0.3 is 9.84 Å². The molecule has 1 aliphatic heterocycles. The molecule has 2 rings (SSSR count). The zero-order valence-corrected chi connectivity index (χ0v) is 13.7. The molecule has 0 saturated carbocycles. The molecule has 5 atom stereocenters. The highest BCUT2D eigenvalue weighted by Gasteiger charge is 2.52. The summed E-state index contributed by atoms with van der Waals surface area (Å²) in [6.07, 6.45) is 9.15. The fourth-order valence-electron chi connectivity index (χ4n) is 4.45. The van der Waals surface area contributed by atoms with Gasteiger partial charge in [-0.3, -0.25) is 0 Å². The largest absolute Gasteiger partial charge is 0.396 e. The molecule has 0 aromatic rings. The molecule has 0 amide bonds. The first-order valence-electron chi connectivity index (χ1n) is 8.47. The van der Waals surface area contributed by atoms with E-state index in [1.165, 1.54) is 37.7 Å². The summed E-state index contributed by atoms with van der Waals surface area (Å²) in [4.78, 5) is 0. The maximum atomic E-state index is 9.94. The molecule has 0 unspecified atom stereocenters.